The predicted octanol–water partition coefficient (Wildman–Crippen LogP) is 2.54. The first-order chi connectivity index (χ1) is 11.3. The molecule has 1 heterocycles. The van der Waals surface area contributed by atoms with E-state index in [2.05, 4.69) is 10.6 Å². The Labute approximate surface area is 139 Å². The number of carbonyl (C=O) groups is 3. The van der Waals surface area contributed by atoms with E-state index in [0.29, 0.717) is 24.1 Å². The second-order valence-corrected chi connectivity index (χ2v) is 7.11. The molecule has 1 unspecified atom stereocenters. The average molecular weight is 330 g/mol. The smallest absolute Gasteiger partial charge is 0.232 e. The molecule has 126 valence electrons. The van der Waals surface area contributed by atoms with Crippen molar-refractivity contribution >= 4 is 23.3 Å². The molecule has 1 aliphatic heterocycles. The van der Waals surface area contributed by atoms with Crippen LogP contribution in [0.3, 0.4) is 0 Å². The molecule has 2 N–H and O–H groups in total. The standard InChI is InChI=1S/C18H19FN2O3/c1-18(2)8-13-16(14(22)9-18)10(7-15(23)20-13)17(24)21-12-6-4-3-5-11(12)19/h3-6,10H,7-9H2,1-2H3,(H,20,23)(H,21,24). The summed E-state index contributed by atoms with van der Waals surface area (Å²) in [7, 11) is 0. The molecule has 6 heteroatoms. The van der Waals surface area contributed by atoms with Gasteiger partial charge in [-0.3, -0.25) is 14.4 Å². The number of anilines is 1. The number of Topliss-reactive ketones (excluding diaryl/α,β-unsaturated/α-hetero) is 1. The Hall–Kier alpha value is -2.50. The predicted molar refractivity (Wildman–Crippen MR) is 86.3 cm³/mol. The van der Waals surface area contributed by atoms with E-state index >= 15 is 0 Å². The molecule has 0 fully saturated rings. The summed E-state index contributed by atoms with van der Waals surface area (Å²) < 4.78 is 13.7. The fourth-order valence-corrected chi connectivity index (χ4v) is 3.36. The van der Waals surface area contributed by atoms with E-state index in [9.17, 15) is 18.8 Å². The highest BCUT2D eigenvalue weighted by Crippen LogP contribution is 2.40. The van der Waals surface area contributed by atoms with Crippen LogP contribution in [0.4, 0.5) is 10.1 Å². The lowest BCUT2D eigenvalue weighted by Gasteiger charge is -2.37. The second-order valence-electron chi connectivity index (χ2n) is 7.11. The van der Waals surface area contributed by atoms with Gasteiger partial charge in [-0.25, -0.2) is 4.39 Å². The van der Waals surface area contributed by atoms with Crippen LogP contribution in [0.2, 0.25) is 0 Å². The normalized spacial score (nSPS) is 22.7. The van der Waals surface area contributed by atoms with E-state index in [1.54, 1.807) is 6.07 Å². The van der Waals surface area contributed by atoms with Crippen LogP contribution in [0.15, 0.2) is 35.5 Å². The molecular formula is C18H19FN2O3. The van der Waals surface area contributed by atoms with Crippen molar-refractivity contribution in [3.63, 3.8) is 0 Å². The molecule has 0 aromatic heterocycles. The minimum absolute atomic E-state index is 0.0409. The number of carbonyl (C=O) groups excluding carboxylic acids is 3. The molecule has 1 aromatic carbocycles. The molecule has 5 nitrogen and oxygen atoms in total. The molecule has 3 rings (SSSR count). The SMILES string of the molecule is CC1(C)CC(=O)C2=C(C1)NC(=O)CC2C(=O)Nc1ccccc1F. The zero-order valence-corrected chi connectivity index (χ0v) is 13.6. The summed E-state index contributed by atoms with van der Waals surface area (Å²) in [6, 6.07) is 5.80. The van der Waals surface area contributed by atoms with Crippen molar-refractivity contribution in [1.29, 1.82) is 0 Å². The first kappa shape index (κ1) is 16.4. The van der Waals surface area contributed by atoms with Crippen molar-refractivity contribution in [2.45, 2.75) is 33.1 Å². The molecule has 0 spiro atoms. The van der Waals surface area contributed by atoms with Crippen LogP contribution in [0, 0.1) is 17.2 Å². The third kappa shape index (κ3) is 3.09. The number of allylic oxidation sites excluding steroid dienone is 1. The van der Waals surface area contributed by atoms with Gasteiger partial charge in [0, 0.05) is 24.1 Å². The summed E-state index contributed by atoms with van der Waals surface area (Å²) in [5, 5.41) is 5.22. The molecule has 1 atom stereocenters. The Bertz CT molecular complexity index is 767. The van der Waals surface area contributed by atoms with Crippen LogP contribution in [-0.4, -0.2) is 17.6 Å². The van der Waals surface area contributed by atoms with Crippen molar-refractivity contribution in [2.75, 3.05) is 5.32 Å². The summed E-state index contributed by atoms with van der Waals surface area (Å²) in [5.41, 5.74) is 0.677. The van der Waals surface area contributed by atoms with Crippen molar-refractivity contribution in [3.8, 4) is 0 Å². The molecule has 2 amide bonds. The molecule has 2 aliphatic rings. The van der Waals surface area contributed by atoms with E-state index in [-0.39, 0.29) is 29.2 Å². The molecule has 1 aromatic rings. The molecule has 1 aliphatic carbocycles. The van der Waals surface area contributed by atoms with Gasteiger partial charge in [0.05, 0.1) is 11.6 Å². The summed E-state index contributed by atoms with van der Waals surface area (Å²) in [6.45, 7) is 3.90. The molecular weight excluding hydrogens is 311 g/mol. The Kier molecular flexibility index (Phi) is 3.99. The Morgan fingerprint density at radius 3 is 2.67 bits per heavy atom. The highest BCUT2D eigenvalue weighted by molar-refractivity contribution is 6.09. The summed E-state index contributed by atoms with van der Waals surface area (Å²) in [6.07, 6.45) is 0.750. The Morgan fingerprint density at radius 2 is 1.96 bits per heavy atom. The van der Waals surface area contributed by atoms with E-state index < -0.39 is 17.6 Å². The highest BCUT2D eigenvalue weighted by atomic mass is 19.1. The quantitative estimate of drug-likeness (QED) is 0.875. The van der Waals surface area contributed by atoms with E-state index in [4.69, 9.17) is 0 Å². The van der Waals surface area contributed by atoms with Gasteiger partial charge in [0.25, 0.3) is 0 Å². The first-order valence-electron chi connectivity index (χ1n) is 7.88. The number of halogens is 1. The minimum atomic E-state index is -0.878. The lowest BCUT2D eigenvalue weighted by Crippen LogP contribution is -2.44. The summed E-state index contributed by atoms with van der Waals surface area (Å²) in [5.74, 6) is -2.40. The Morgan fingerprint density at radius 1 is 1.25 bits per heavy atom. The monoisotopic (exact) mass is 330 g/mol. The van der Waals surface area contributed by atoms with Crippen LogP contribution in [0.25, 0.3) is 0 Å². The molecule has 0 bridgehead atoms. The van der Waals surface area contributed by atoms with Crippen LogP contribution >= 0.6 is 0 Å². The average Bonchev–Trinajstić information content (AvgIpc) is 2.46. The van der Waals surface area contributed by atoms with Gasteiger partial charge >= 0.3 is 0 Å². The van der Waals surface area contributed by atoms with Gasteiger partial charge in [-0.15, -0.1) is 0 Å². The molecule has 0 radical (unpaired) electrons. The number of amides is 2. The maximum atomic E-state index is 13.7. The highest BCUT2D eigenvalue weighted by Gasteiger charge is 2.42. The number of hydrogen-bond acceptors (Lipinski definition) is 3. The molecule has 24 heavy (non-hydrogen) atoms. The third-order valence-electron chi connectivity index (χ3n) is 4.40. The molecule has 0 saturated heterocycles. The molecule has 0 saturated carbocycles. The van der Waals surface area contributed by atoms with Gasteiger partial charge in [0.1, 0.15) is 5.82 Å². The van der Waals surface area contributed by atoms with Gasteiger partial charge in [-0.1, -0.05) is 26.0 Å². The maximum Gasteiger partial charge on any atom is 0.232 e. The van der Waals surface area contributed by atoms with Crippen LogP contribution in [-0.2, 0) is 14.4 Å². The number of nitrogens with one attached hydrogen (secondary N) is 2. The summed E-state index contributed by atoms with van der Waals surface area (Å²) >= 11 is 0. The van der Waals surface area contributed by atoms with Gasteiger partial charge in [0.2, 0.25) is 11.8 Å². The second kappa shape index (κ2) is 5.85. The maximum absolute atomic E-state index is 13.7. The number of rotatable bonds is 2. The van der Waals surface area contributed by atoms with Gasteiger partial charge in [0.15, 0.2) is 5.78 Å². The zero-order chi connectivity index (χ0) is 17.5. The topological polar surface area (TPSA) is 75.3 Å². The van der Waals surface area contributed by atoms with Crippen molar-refractivity contribution in [3.05, 3.63) is 41.4 Å². The fourth-order valence-electron chi connectivity index (χ4n) is 3.36. The number of hydrogen-bond donors (Lipinski definition) is 2. The summed E-state index contributed by atoms with van der Waals surface area (Å²) in [4.78, 5) is 37.1. The van der Waals surface area contributed by atoms with Crippen molar-refractivity contribution < 1.29 is 18.8 Å². The van der Waals surface area contributed by atoms with E-state index in [0.717, 1.165) is 0 Å². The largest absolute Gasteiger partial charge is 0.329 e. The van der Waals surface area contributed by atoms with Crippen LogP contribution < -0.4 is 10.6 Å². The Balaban J connectivity index is 1.92. The fraction of sp³-hybridized carbons (Fsp3) is 0.389. The zero-order valence-electron chi connectivity index (χ0n) is 13.6. The van der Waals surface area contributed by atoms with Gasteiger partial charge in [-0.05, 0) is 24.0 Å². The van der Waals surface area contributed by atoms with Crippen molar-refractivity contribution in [1.82, 2.24) is 5.32 Å². The third-order valence-corrected chi connectivity index (χ3v) is 4.40. The van der Waals surface area contributed by atoms with Crippen molar-refractivity contribution in [2.24, 2.45) is 11.3 Å². The van der Waals surface area contributed by atoms with E-state index in [1.807, 2.05) is 13.8 Å². The number of ketones is 1. The van der Waals surface area contributed by atoms with Gasteiger partial charge in [-0.2, -0.15) is 0 Å². The van der Waals surface area contributed by atoms with Gasteiger partial charge < -0.3 is 10.6 Å². The van der Waals surface area contributed by atoms with Crippen LogP contribution in [0.1, 0.15) is 33.1 Å². The number of para-hydroxylation sites is 1. The lowest BCUT2D eigenvalue weighted by molar-refractivity contribution is -0.129. The first-order valence-corrected chi connectivity index (χ1v) is 7.88. The van der Waals surface area contributed by atoms with E-state index in [1.165, 1.54) is 18.2 Å². The minimum Gasteiger partial charge on any atom is -0.329 e. The number of benzene rings is 1. The van der Waals surface area contributed by atoms with Crippen LogP contribution in [0.5, 0.6) is 0 Å². The lowest BCUT2D eigenvalue weighted by atomic mass is 9.71.